The fourth-order valence-electron chi connectivity index (χ4n) is 2.15. The number of carbonyl (C=O) groups is 2. The normalized spacial score (nSPS) is 21.9. The molecule has 0 aromatic heterocycles. The number of amides is 1. The Hall–Kier alpha value is -1.14. The highest BCUT2D eigenvalue weighted by Gasteiger charge is 2.40. The van der Waals surface area contributed by atoms with Crippen molar-refractivity contribution >= 4 is 11.9 Å². The molecule has 0 radical (unpaired) electrons. The van der Waals surface area contributed by atoms with Gasteiger partial charge in [0.1, 0.15) is 6.61 Å². The van der Waals surface area contributed by atoms with Crippen LogP contribution >= 0.6 is 0 Å². The molecule has 1 saturated heterocycles. The van der Waals surface area contributed by atoms with Crippen molar-refractivity contribution in [2.24, 2.45) is 11.3 Å². The monoisotopic (exact) mass is 271 g/mol. The molecule has 0 bridgehead atoms. The minimum Gasteiger partial charge on any atom is -0.481 e. The minimum atomic E-state index is -0.885. The first kappa shape index (κ1) is 14.3. The zero-order chi connectivity index (χ0) is 13.7. The summed E-state index contributed by atoms with van der Waals surface area (Å²) in [4.78, 5) is 23.0. The lowest BCUT2D eigenvalue weighted by atomic mass is 9.80. The highest BCUT2D eigenvalue weighted by atomic mass is 16.5. The molecular weight excluding hydrogens is 250 g/mol. The van der Waals surface area contributed by atoms with Gasteiger partial charge < -0.3 is 19.9 Å². The summed E-state index contributed by atoms with van der Waals surface area (Å²) in [6, 6.07) is 0. The zero-order valence-corrected chi connectivity index (χ0v) is 11.0. The van der Waals surface area contributed by atoms with E-state index < -0.39 is 11.4 Å². The maximum atomic E-state index is 11.6. The molecule has 0 unspecified atom stereocenters. The third-order valence-corrected chi connectivity index (χ3v) is 3.81. The van der Waals surface area contributed by atoms with Gasteiger partial charge in [0.05, 0.1) is 12.0 Å². The van der Waals surface area contributed by atoms with Crippen LogP contribution in [0, 0.1) is 11.3 Å². The molecule has 0 atom stereocenters. The predicted molar refractivity (Wildman–Crippen MR) is 66.7 cm³/mol. The van der Waals surface area contributed by atoms with Gasteiger partial charge in [0.2, 0.25) is 5.91 Å². The molecule has 19 heavy (non-hydrogen) atoms. The summed E-state index contributed by atoms with van der Waals surface area (Å²) in [6.07, 6.45) is 3.24. The van der Waals surface area contributed by atoms with Crippen molar-refractivity contribution in [2.45, 2.75) is 25.7 Å². The van der Waals surface area contributed by atoms with E-state index in [1.165, 1.54) is 12.8 Å². The van der Waals surface area contributed by atoms with Crippen LogP contribution in [0.1, 0.15) is 25.7 Å². The lowest BCUT2D eigenvalue weighted by Gasteiger charge is -2.33. The highest BCUT2D eigenvalue weighted by molar-refractivity contribution is 5.79. The van der Waals surface area contributed by atoms with Crippen molar-refractivity contribution in [1.29, 1.82) is 0 Å². The summed E-state index contributed by atoms with van der Waals surface area (Å²) in [6.45, 7) is 1.66. The molecule has 1 saturated carbocycles. The topological polar surface area (TPSA) is 84.9 Å². The molecule has 1 aliphatic heterocycles. The quantitative estimate of drug-likeness (QED) is 0.700. The van der Waals surface area contributed by atoms with Gasteiger partial charge >= 0.3 is 5.97 Å². The molecule has 0 spiro atoms. The fraction of sp³-hybridized carbons (Fsp3) is 0.846. The van der Waals surface area contributed by atoms with Crippen molar-refractivity contribution in [2.75, 3.05) is 33.0 Å². The van der Waals surface area contributed by atoms with E-state index in [1.807, 2.05) is 0 Å². The van der Waals surface area contributed by atoms with E-state index in [1.54, 1.807) is 0 Å². The highest BCUT2D eigenvalue weighted by Crippen LogP contribution is 2.30. The summed E-state index contributed by atoms with van der Waals surface area (Å²) >= 11 is 0. The molecule has 2 rings (SSSR count). The number of carboxylic acid groups (broad SMARTS) is 1. The molecule has 108 valence electrons. The number of carboxylic acids is 1. The Balaban J connectivity index is 1.71. The van der Waals surface area contributed by atoms with Gasteiger partial charge in [-0.2, -0.15) is 0 Å². The number of aliphatic carboxylic acids is 1. The van der Waals surface area contributed by atoms with Crippen LogP contribution in [0.5, 0.6) is 0 Å². The van der Waals surface area contributed by atoms with Crippen LogP contribution < -0.4 is 5.32 Å². The van der Waals surface area contributed by atoms with Crippen LogP contribution in [0.25, 0.3) is 0 Å². The van der Waals surface area contributed by atoms with Gasteiger partial charge in [-0.1, -0.05) is 0 Å². The maximum Gasteiger partial charge on any atom is 0.311 e. The molecule has 2 N–H and O–H groups in total. The Kier molecular flexibility index (Phi) is 4.76. The molecule has 1 heterocycles. The standard InChI is InChI=1S/C13H21NO5/c15-11(8-19-7-10-1-2-10)14-9-13(12(16)17)3-5-18-6-4-13/h10H,1-9H2,(H,14,15)(H,16,17). The first-order chi connectivity index (χ1) is 9.12. The van der Waals surface area contributed by atoms with Crippen LogP contribution in [0.2, 0.25) is 0 Å². The Bertz CT molecular complexity index is 334. The molecule has 2 aliphatic rings. The van der Waals surface area contributed by atoms with Gasteiger partial charge in [0.25, 0.3) is 0 Å². The summed E-state index contributed by atoms with van der Waals surface area (Å²) in [7, 11) is 0. The van der Waals surface area contributed by atoms with Crippen LogP contribution in [-0.2, 0) is 19.1 Å². The Labute approximate surface area is 112 Å². The van der Waals surface area contributed by atoms with E-state index in [9.17, 15) is 14.7 Å². The number of hydrogen-bond acceptors (Lipinski definition) is 4. The third kappa shape index (κ3) is 4.18. The Morgan fingerprint density at radius 2 is 2.00 bits per heavy atom. The molecule has 0 aromatic carbocycles. The number of hydrogen-bond donors (Lipinski definition) is 2. The number of ether oxygens (including phenoxy) is 2. The lowest BCUT2D eigenvalue weighted by Crippen LogP contribution is -2.47. The van der Waals surface area contributed by atoms with Crippen LogP contribution in [-0.4, -0.2) is 50.0 Å². The maximum absolute atomic E-state index is 11.6. The first-order valence-electron chi connectivity index (χ1n) is 6.78. The van der Waals surface area contributed by atoms with Crippen molar-refractivity contribution in [3.63, 3.8) is 0 Å². The van der Waals surface area contributed by atoms with E-state index in [0.29, 0.717) is 38.6 Å². The zero-order valence-electron chi connectivity index (χ0n) is 11.0. The van der Waals surface area contributed by atoms with Gasteiger partial charge in [0, 0.05) is 19.8 Å². The molecule has 2 fully saturated rings. The van der Waals surface area contributed by atoms with Crippen molar-refractivity contribution < 1.29 is 24.2 Å². The van der Waals surface area contributed by atoms with E-state index in [0.717, 1.165) is 0 Å². The van der Waals surface area contributed by atoms with Crippen LogP contribution in [0.3, 0.4) is 0 Å². The average Bonchev–Trinajstić information content (AvgIpc) is 3.21. The summed E-state index contributed by atoms with van der Waals surface area (Å²) in [5.41, 5.74) is -0.885. The van der Waals surface area contributed by atoms with Crippen molar-refractivity contribution in [1.82, 2.24) is 5.32 Å². The molecular formula is C13H21NO5. The lowest BCUT2D eigenvalue weighted by molar-refractivity contribution is -0.154. The third-order valence-electron chi connectivity index (χ3n) is 3.81. The summed E-state index contributed by atoms with van der Waals surface area (Å²) < 4.78 is 10.4. The Morgan fingerprint density at radius 1 is 1.32 bits per heavy atom. The fourth-order valence-corrected chi connectivity index (χ4v) is 2.15. The molecule has 6 heteroatoms. The average molecular weight is 271 g/mol. The van der Waals surface area contributed by atoms with Gasteiger partial charge in [0.15, 0.2) is 0 Å². The van der Waals surface area contributed by atoms with Crippen LogP contribution in [0.15, 0.2) is 0 Å². The minimum absolute atomic E-state index is 0.0166. The second-order valence-electron chi connectivity index (χ2n) is 5.43. The molecule has 1 amide bonds. The second kappa shape index (κ2) is 6.34. The predicted octanol–water partition coefficient (Wildman–Crippen LogP) is 0.411. The van der Waals surface area contributed by atoms with E-state index in [4.69, 9.17) is 9.47 Å². The van der Waals surface area contributed by atoms with E-state index in [-0.39, 0.29) is 19.1 Å². The van der Waals surface area contributed by atoms with Gasteiger partial charge in [-0.3, -0.25) is 9.59 Å². The summed E-state index contributed by atoms with van der Waals surface area (Å²) in [5.74, 6) is -0.489. The van der Waals surface area contributed by atoms with Gasteiger partial charge in [-0.25, -0.2) is 0 Å². The molecule has 6 nitrogen and oxygen atoms in total. The number of carbonyl (C=O) groups excluding carboxylic acids is 1. The largest absolute Gasteiger partial charge is 0.481 e. The van der Waals surface area contributed by atoms with Crippen molar-refractivity contribution in [3.8, 4) is 0 Å². The first-order valence-corrected chi connectivity index (χ1v) is 6.78. The van der Waals surface area contributed by atoms with Crippen molar-refractivity contribution in [3.05, 3.63) is 0 Å². The summed E-state index contributed by atoms with van der Waals surface area (Å²) in [5, 5.41) is 12.0. The van der Waals surface area contributed by atoms with E-state index in [2.05, 4.69) is 5.32 Å². The number of rotatable bonds is 7. The van der Waals surface area contributed by atoms with Gasteiger partial charge in [-0.05, 0) is 31.6 Å². The SMILES string of the molecule is O=C(COCC1CC1)NCC1(C(=O)O)CCOCC1. The number of nitrogens with one attached hydrogen (secondary N) is 1. The van der Waals surface area contributed by atoms with Crippen LogP contribution in [0.4, 0.5) is 0 Å². The smallest absolute Gasteiger partial charge is 0.311 e. The second-order valence-corrected chi connectivity index (χ2v) is 5.43. The van der Waals surface area contributed by atoms with Gasteiger partial charge in [-0.15, -0.1) is 0 Å². The Morgan fingerprint density at radius 3 is 2.58 bits per heavy atom. The van der Waals surface area contributed by atoms with E-state index >= 15 is 0 Å². The molecule has 1 aliphatic carbocycles. The molecule has 0 aromatic rings.